The molecule has 2 N–H and O–H groups in total. The Hall–Kier alpha value is -2.11. The molecule has 2 aromatic heterocycles. The van der Waals surface area contributed by atoms with Crippen molar-refractivity contribution in [3.63, 3.8) is 0 Å². The van der Waals surface area contributed by atoms with E-state index >= 15 is 0 Å². The van der Waals surface area contributed by atoms with Gasteiger partial charge in [0.25, 0.3) is 5.56 Å². The van der Waals surface area contributed by atoms with E-state index in [-0.39, 0.29) is 23.5 Å². The largest absolute Gasteiger partial charge is 0.481 e. The Bertz CT molecular complexity index is 624. The average molecular weight is 235 g/mol. The second-order valence-corrected chi connectivity index (χ2v) is 4.20. The van der Waals surface area contributed by atoms with Crippen LogP contribution < -0.4 is 5.56 Å². The summed E-state index contributed by atoms with van der Waals surface area (Å²) < 4.78 is 1.29. The maximum Gasteiger partial charge on any atom is 0.308 e. The Kier molecular flexibility index (Phi) is 2.71. The number of fused-ring (bicyclic) bond motifs is 1. The monoisotopic (exact) mass is 235 g/mol. The van der Waals surface area contributed by atoms with Crippen molar-refractivity contribution in [2.75, 3.05) is 0 Å². The predicted molar refractivity (Wildman–Crippen MR) is 61.2 cm³/mol. The molecule has 0 amide bonds. The molecule has 0 atom stereocenters. The molecule has 17 heavy (non-hydrogen) atoms. The lowest BCUT2D eigenvalue weighted by atomic mass is 10.1. The fourth-order valence-electron chi connectivity index (χ4n) is 1.72. The Morgan fingerprint density at radius 3 is 2.88 bits per heavy atom. The highest BCUT2D eigenvalue weighted by Crippen LogP contribution is 2.17. The van der Waals surface area contributed by atoms with Gasteiger partial charge in [0.05, 0.1) is 6.42 Å². The number of hydrogen-bond acceptors (Lipinski definition) is 3. The predicted octanol–water partition coefficient (Wildman–Crippen LogP) is 0.773. The van der Waals surface area contributed by atoms with Crippen LogP contribution in [0, 0.1) is 0 Å². The van der Waals surface area contributed by atoms with Crippen LogP contribution in [0.25, 0.3) is 5.65 Å². The summed E-state index contributed by atoms with van der Waals surface area (Å²) in [7, 11) is 0. The van der Waals surface area contributed by atoms with Crippen LogP contribution in [0.3, 0.4) is 0 Å². The number of H-pyrrole nitrogens is 1. The Morgan fingerprint density at radius 2 is 2.29 bits per heavy atom. The van der Waals surface area contributed by atoms with Gasteiger partial charge in [-0.05, 0) is 5.92 Å². The van der Waals surface area contributed by atoms with Crippen LogP contribution in [0.5, 0.6) is 0 Å². The van der Waals surface area contributed by atoms with Crippen molar-refractivity contribution in [1.82, 2.24) is 14.6 Å². The van der Waals surface area contributed by atoms with Crippen molar-refractivity contribution < 1.29 is 9.90 Å². The molecule has 0 fully saturated rings. The highest BCUT2D eigenvalue weighted by molar-refractivity contribution is 5.70. The molecule has 2 aromatic rings. The Balaban J connectivity index is 2.62. The van der Waals surface area contributed by atoms with Gasteiger partial charge in [-0.15, -0.1) is 0 Å². The minimum absolute atomic E-state index is 0.173. The number of aromatic nitrogens is 3. The smallest absolute Gasteiger partial charge is 0.308 e. The van der Waals surface area contributed by atoms with Crippen molar-refractivity contribution in [3.8, 4) is 0 Å². The van der Waals surface area contributed by atoms with Crippen LogP contribution in [0.15, 0.2) is 17.2 Å². The van der Waals surface area contributed by atoms with Crippen molar-refractivity contribution in [2.24, 2.45) is 0 Å². The van der Waals surface area contributed by atoms with Gasteiger partial charge in [-0.3, -0.25) is 14.7 Å². The highest BCUT2D eigenvalue weighted by atomic mass is 16.4. The first-order valence-corrected chi connectivity index (χ1v) is 5.30. The van der Waals surface area contributed by atoms with E-state index in [0.717, 1.165) is 5.56 Å². The van der Waals surface area contributed by atoms with Crippen molar-refractivity contribution in [2.45, 2.75) is 26.2 Å². The topological polar surface area (TPSA) is 87.5 Å². The number of rotatable bonds is 3. The van der Waals surface area contributed by atoms with Crippen LogP contribution in [0.1, 0.15) is 30.9 Å². The molecular formula is C11H13N3O3. The second-order valence-electron chi connectivity index (χ2n) is 4.20. The van der Waals surface area contributed by atoms with Gasteiger partial charge in [-0.25, -0.2) is 9.50 Å². The van der Waals surface area contributed by atoms with Crippen LogP contribution in [-0.2, 0) is 11.2 Å². The minimum atomic E-state index is -1.04. The first-order chi connectivity index (χ1) is 8.00. The molecule has 0 bridgehead atoms. The summed E-state index contributed by atoms with van der Waals surface area (Å²) in [4.78, 5) is 26.7. The van der Waals surface area contributed by atoms with Gasteiger partial charge >= 0.3 is 5.97 Å². The number of nitrogens with one attached hydrogen (secondary N) is 1. The fourth-order valence-corrected chi connectivity index (χ4v) is 1.72. The number of nitrogens with zero attached hydrogens (tertiary/aromatic N) is 2. The molecule has 6 nitrogen and oxygen atoms in total. The zero-order chi connectivity index (χ0) is 12.6. The van der Waals surface area contributed by atoms with Gasteiger partial charge in [0, 0.05) is 23.5 Å². The van der Waals surface area contributed by atoms with Gasteiger partial charge in [-0.1, -0.05) is 13.8 Å². The zero-order valence-corrected chi connectivity index (χ0v) is 9.60. The fraction of sp³-hybridized carbons (Fsp3) is 0.364. The summed E-state index contributed by atoms with van der Waals surface area (Å²) >= 11 is 0. The number of aliphatic carboxylic acids is 1. The van der Waals surface area contributed by atoms with Crippen LogP contribution in [-0.4, -0.2) is 25.7 Å². The summed E-state index contributed by atoms with van der Waals surface area (Å²) in [5, 5.41) is 11.5. The van der Waals surface area contributed by atoms with Gasteiger partial charge in [0.15, 0.2) is 5.65 Å². The van der Waals surface area contributed by atoms with Gasteiger partial charge in [-0.2, -0.15) is 0 Å². The van der Waals surface area contributed by atoms with Crippen LogP contribution in [0.2, 0.25) is 0 Å². The molecule has 0 saturated heterocycles. The van der Waals surface area contributed by atoms with E-state index in [0.29, 0.717) is 5.65 Å². The van der Waals surface area contributed by atoms with Crippen molar-refractivity contribution in [3.05, 3.63) is 33.9 Å². The number of hydrogen-bond donors (Lipinski definition) is 2. The molecule has 0 unspecified atom stereocenters. The third-order valence-corrected chi connectivity index (χ3v) is 2.60. The lowest BCUT2D eigenvalue weighted by molar-refractivity contribution is -0.136. The second kappa shape index (κ2) is 4.04. The molecular weight excluding hydrogens is 222 g/mol. The summed E-state index contributed by atoms with van der Waals surface area (Å²) in [6.07, 6.45) is 2.75. The Morgan fingerprint density at radius 1 is 1.59 bits per heavy atom. The molecule has 0 spiro atoms. The van der Waals surface area contributed by atoms with E-state index in [9.17, 15) is 9.59 Å². The van der Waals surface area contributed by atoms with Gasteiger partial charge < -0.3 is 5.11 Å². The summed E-state index contributed by atoms with van der Waals surface area (Å²) in [5.74, 6) is -0.798. The Labute approximate surface area is 96.9 Å². The molecule has 0 radical (unpaired) electrons. The SMILES string of the molecule is CC(C)c1c[nH]n2c(=O)c(CC(=O)O)cnc12. The van der Waals surface area contributed by atoms with E-state index in [2.05, 4.69) is 10.1 Å². The van der Waals surface area contributed by atoms with Crippen LogP contribution >= 0.6 is 0 Å². The maximum absolute atomic E-state index is 11.9. The van der Waals surface area contributed by atoms with Crippen LogP contribution in [0.4, 0.5) is 0 Å². The molecule has 0 saturated carbocycles. The molecule has 90 valence electrons. The zero-order valence-electron chi connectivity index (χ0n) is 9.60. The molecule has 2 heterocycles. The van der Waals surface area contributed by atoms with E-state index in [4.69, 9.17) is 5.11 Å². The van der Waals surface area contributed by atoms with Gasteiger partial charge in [0.2, 0.25) is 0 Å². The standard InChI is InChI=1S/C11H13N3O3/c1-6(2)8-5-13-14-10(8)12-4-7(11(14)17)3-9(15)16/h4-6,13H,3H2,1-2H3,(H,15,16). The lowest BCUT2D eigenvalue weighted by Crippen LogP contribution is -2.21. The average Bonchev–Trinajstić information content (AvgIpc) is 2.66. The third-order valence-electron chi connectivity index (χ3n) is 2.60. The quantitative estimate of drug-likeness (QED) is 0.822. The minimum Gasteiger partial charge on any atom is -0.481 e. The maximum atomic E-state index is 11.9. The number of aromatic amines is 1. The summed E-state index contributed by atoms with van der Waals surface area (Å²) in [5.41, 5.74) is 1.31. The number of carboxylic acid groups (broad SMARTS) is 1. The molecule has 0 aliphatic heterocycles. The van der Waals surface area contributed by atoms with E-state index < -0.39 is 5.97 Å². The first-order valence-electron chi connectivity index (χ1n) is 5.30. The number of carbonyl (C=O) groups is 1. The summed E-state index contributed by atoms with van der Waals surface area (Å²) in [6.45, 7) is 4.00. The molecule has 6 heteroatoms. The van der Waals surface area contributed by atoms with E-state index in [1.807, 2.05) is 13.8 Å². The third kappa shape index (κ3) is 1.93. The first kappa shape index (κ1) is 11.4. The molecule has 2 rings (SSSR count). The molecule has 0 aliphatic carbocycles. The normalized spacial score (nSPS) is 11.2. The van der Waals surface area contributed by atoms with Crippen molar-refractivity contribution in [1.29, 1.82) is 0 Å². The highest BCUT2D eigenvalue weighted by Gasteiger charge is 2.13. The summed E-state index contributed by atoms with van der Waals surface area (Å²) in [6, 6.07) is 0. The van der Waals surface area contributed by atoms with E-state index in [1.54, 1.807) is 6.20 Å². The number of carboxylic acids is 1. The van der Waals surface area contributed by atoms with E-state index in [1.165, 1.54) is 10.7 Å². The molecule has 0 aromatic carbocycles. The van der Waals surface area contributed by atoms with Crippen molar-refractivity contribution >= 4 is 11.6 Å². The van der Waals surface area contributed by atoms with Gasteiger partial charge in [0.1, 0.15) is 0 Å². The molecule has 0 aliphatic rings. The lowest BCUT2D eigenvalue weighted by Gasteiger charge is -2.02.